The maximum Gasteiger partial charge on any atom is 0.251 e. The van der Waals surface area contributed by atoms with Crippen molar-refractivity contribution in [2.75, 3.05) is 20.1 Å². The van der Waals surface area contributed by atoms with Gasteiger partial charge in [-0.05, 0) is 25.2 Å². The SMILES string of the molecule is CNCCNC(=O)c1ccc2c(c1)C(=O)c1ccccc1C2=O. The van der Waals surface area contributed by atoms with E-state index in [9.17, 15) is 14.4 Å². The monoisotopic (exact) mass is 308 g/mol. The number of hydrogen-bond acceptors (Lipinski definition) is 4. The largest absolute Gasteiger partial charge is 0.351 e. The van der Waals surface area contributed by atoms with E-state index in [1.807, 2.05) is 0 Å². The van der Waals surface area contributed by atoms with Crippen molar-refractivity contribution in [2.24, 2.45) is 0 Å². The first-order valence-electron chi connectivity index (χ1n) is 7.38. The number of hydrogen-bond donors (Lipinski definition) is 2. The molecule has 0 bridgehead atoms. The second-order valence-electron chi connectivity index (χ2n) is 5.32. The van der Waals surface area contributed by atoms with Crippen LogP contribution in [0.15, 0.2) is 42.5 Å². The number of amides is 1. The summed E-state index contributed by atoms with van der Waals surface area (Å²) in [6.45, 7) is 1.14. The van der Waals surface area contributed by atoms with E-state index in [4.69, 9.17) is 0 Å². The second-order valence-corrected chi connectivity index (χ2v) is 5.32. The van der Waals surface area contributed by atoms with Crippen molar-refractivity contribution in [3.05, 3.63) is 70.3 Å². The quantitative estimate of drug-likeness (QED) is 0.715. The summed E-state index contributed by atoms with van der Waals surface area (Å²) in [6.07, 6.45) is 0. The first kappa shape index (κ1) is 15.1. The Labute approximate surface area is 133 Å². The van der Waals surface area contributed by atoms with E-state index in [1.165, 1.54) is 6.07 Å². The van der Waals surface area contributed by atoms with Crippen molar-refractivity contribution in [3.8, 4) is 0 Å². The van der Waals surface area contributed by atoms with Crippen molar-refractivity contribution < 1.29 is 14.4 Å². The molecule has 5 heteroatoms. The fourth-order valence-corrected chi connectivity index (χ4v) is 2.64. The van der Waals surface area contributed by atoms with Crippen LogP contribution < -0.4 is 10.6 Å². The third-order valence-electron chi connectivity index (χ3n) is 3.85. The Balaban J connectivity index is 1.96. The Bertz CT molecular complexity index is 812. The molecule has 116 valence electrons. The summed E-state index contributed by atoms with van der Waals surface area (Å²) in [5.41, 5.74) is 1.81. The number of benzene rings is 2. The molecule has 5 nitrogen and oxygen atoms in total. The summed E-state index contributed by atoms with van der Waals surface area (Å²) in [5, 5.41) is 5.69. The van der Waals surface area contributed by atoms with Crippen molar-refractivity contribution >= 4 is 17.5 Å². The maximum atomic E-state index is 12.6. The molecule has 0 aliphatic heterocycles. The minimum Gasteiger partial charge on any atom is -0.351 e. The maximum absolute atomic E-state index is 12.6. The van der Waals surface area contributed by atoms with Gasteiger partial charge >= 0.3 is 0 Å². The molecule has 1 amide bonds. The van der Waals surface area contributed by atoms with Crippen LogP contribution in [0.1, 0.15) is 42.2 Å². The average molecular weight is 308 g/mol. The average Bonchev–Trinajstić information content (AvgIpc) is 2.59. The van der Waals surface area contributed by atoms with Gasteiger partial charge in [0.15, 0.2) is 11.6 Å². The Morgan fingerprint density at radius 1 is 0.870 bits per heavy atom. The summed E-state index contributed by atoms with van der Waals surface area (Å²) in [4.78, 5) is 37.2. The minimum atomic E-state index is -0.262. The van der Waals surface area contributed by atoms with Gasteiger partial charge in [0.2, 0.25) is 0 Å². The van der Waals surface area contributed by atoms with Crippen molar-refractivity contribution in [3.63, 3.8) is 0 Å². The lowest BCUT2D eigenvalue weighted by Crippen LogP contribution is -2.31. The predicted octanol–water partition coefficient (Wildman–Crippen LogP) is 1.41. The lowest BCUT2D eigenvalue weighted by Gasteiger charge is -2.17. The third kappa shape index (κ3) is 2.66. The lowest BCUT2D eigenvalue weighted by atomic mass is 9.83. The zero-order chi connectivity index (χ0) is 16.4. The Hall–Kier alpha value is -2.79. The summed E-state index contributed by atoms with van der Waals surface area (Å²) in [6, 6.07) is 11.4. The highest BCUT2D eigenvalue weighted by Crippen LogP contribution is 2.27. The van der Waals surface area contributed by atoms with Gasteiger partial charge in [-0.25, -0.2) is 0 Å². The molecular weight excluding hydrogens is 292 g/mol. The highest BCUT2D eigenvalue weighted by atomic mass is 16.2. The number of ketones is 2. The molecular formula is C18H16N2O3. The van der Waals surface area contributed by atoms with Gasteiger partial charge in [0.25, 0.3) is 5.91 Å². The van der Waals surface area contributed by atoms with Gasteiger partial charge in [-0.1, -0.05) is 24.3 Å². The van der Waals surface area contributed by atoms with Crippen LogP contribution in [0.4, 0.5) is 0 Å². The molecule has 0 spiro atoms. The van der Waals surface area contributed by atoms with Gasteiger partial charge < -0.3 is 10.6 Å². The molecule has 1 aliphatic carbocycles. The van der Waals surface area contributed by atoms with Crippen LogP contribution in [-0.2, 0) is 0 Å². The first-order chi connectivity index (χ1) is 11.1. The first-order valence-corrected chi connectivity index (χ1v) is 7.38. The molecule has 2 N–H and O–H groups in total. The molecule has 0 aromatic heterocycles. The summed E-state index contributed by atoms with van der Waals surface area (Å²) in [5.74, 6) is -0.667. The van der Waals surface area contributed by atoms with E-state index < -0.39 is 0 Å². The third-order valence-corrected chi connectivity index (χ3v) is 3.85. The smallest absolute Gasteiger partial charge is 0.251 e. The van der Waals surface area contributed by atoms with Crippen LogP contribution >= 0.6 is 0 Å². The zero-order valence-corrected chi connectivity index (χ0v) is 12.7. The molecule has 0 saturated carbocycles. The number of fused-ring (bicyclic) bond motifs is 2. The number of nitrogens with one attached hydrogen (secondary N) is 2. The van der Waals surface area contributed by atoms with E-state index in [0.717, 1.165) is 0 Å². The van der Waals surface area contributed by atoms with Crippen LogP contribution in [0, 0.1) is 0 Å². The van der Waals surface area contributed by atoms with E-state index in [1.54, 1.807) is 43.4 Å². The second kappa shape index (κ2) is 6.14. The highest BCUT2D eigenvalue weighted by molar-refractivity contribution is 6.28. The number of rotatable bonds is 4. The van der Waals surface area contributed by atoms with Gasteiger partial charge in [-0.15, -0.1) is 0 Å². The molecule has 0 saturated heterocycles. The molecule has 23 heavy (non-hydrogen) atoms. The zero-order valence-electron chi connectivity index (χ0n) is 12.7. The van der Waals surface area contributed by atoms with Crippen molar-refractivity contribution in [1.82, 2.24) is 10.6 Å². The Morgan fingerprint density at radius 3 is 2.13 bits per heavy atom. The molecule has 1 aliphatic rings. The van der Waals surface area contributed by atoms with E-state index >= 15 is 0 Å². The molecule has 0 unspecified atom stereocenters. The molecule has 0 radical (unpaired) electrons. The van der Waals surface area contributed by atoms with Crippen molar-refractivity contribution in [1.29, 1.82) is 0 Å². The summed E-state index contributed by atoms with van der Waals surface area (Å²) in [7, 11) is 1.80. The minimum absolute atomic E-state index is 0.183. The predicted molar refractivity (Wildman–Crippen MR) is 86.0 cm³/mol. The van der Waals surface area contributed by atoms with Gasteiger partial charge in [0.05, 0.1) is 0 Å². The normalized spacial score (nSPS) is 12.6. The summed E-state index contributed by atoms with van der Waals surface area (Å²) < 4.78 is 0. The molecule has 3 rings (SSSR count). The van der Waals surface area contributed by atoms with Crippen LogP contribution in [0.2, 0.25) is 0 Å². The fraction of sp³-hybridized carbons (Fsp3) is 0.167. The standard InChI is InChI=1S/C18H16N2O3/c1-19-8-9-20-18(23)11-6-7-14-15(10-11)17(22)13-5-3-2-4-12(13)16(14)21/h2-7,10,19H,8-9H2,1H3,(H,20,23). The van der Waals surface area contributed by atoms with Gasteiger partial charge in [0.1, 0.15) is 0 Å². The van der Waals surface area contributed by atoms with Crippen LogP contribution in [0.25, 0.3) is 0 Å². The fourth-order valence-electron chi connectivity index (χ4n) is 2.64. The van der Waals surface area contributed by atoms with E-state index in [2.05, 4.69) is 10.6 Å². The van der Waals surface area contributed by atoms with E-state index in [-0.39, 0.29) is 23.0 Å². The molecule has 2 aromatic rings. The van der Waals surface area contributed by atoms with Gasteiger partial charge in [-0.2, -0.15) is 0 Å². The Kier molecular flexibility index (Phi) is 4.04. The topological polar surface area (TPSA) is 75.3 Å². The van der Waals surface area contributed by atoms with Gasteiger partial charge in [0, 0.05) is 40.9 Å². The molecule has 2 aromatic carbocycles. The molecule has 0 fully saturated rings. The summed E-state index contributed by atoms with van der Waals surface area (Å²) >= 11 is 0. The van der Waals surface area contributed by atoms with Crippen LogP contribution in [0.5, 0.6) is 0 Å². The van der Waals surface area contributed by atoms with E-state index in [0.29, 0.717) is 35.3 Å². The van der Waals surface area contributed by atoms with Crippen molar-refractivity contribution in [2.45, 2.75) is 0 Å². The lowest BCUT2D eigenvalue weighted by molar-refractivity contribution is 0.0951. The number of likely N-dealkylation sites (N-methyl/N-ethyl adjacent to an activating group) is 1. The highest BCUT2D eigenvalue weighted by Gasteiger charge is 2.29. The van der Waals surface area contributed by atoms with Crippen LogP contribution in [-0.4, -0.2) is 37.6 Å². The van der Waals surface area contributed by atoms with Crippen LogP contribution in [0.3, 0.4) is 0 Å². The molecule has 0 atom stereocenters. The number of carbonyl (C=O) groups excluding carboxylic acids is 3. The Morgan fingerprint density at radius 2 is 1.48 bits per heavy atom. The molecule has 0 heterocycles. The van der Waals surface area contributed by atoms with Gasteiger partial charge in [-0.3, -0.25) is 14.4 Å². The number of carbonyl (C=O) groups is 3.